The number of aromatic nitrogens is 1. The van der Waals surface area contributed by atoms with Crippen LogP contribution in [0.4, 0.5) is 0 Å². The number of nitrogens with two attached hydrogens (primary N) is 1. The highest BCUT2D eigenvalue weighted by molar-refractivity contribution is 5.94. The Hall–Kier alpha value is -3.97. The molecule has 9 N–H and O–H groups in total. The van der Waals surface area contributed by atoms with Gasteiger partial charge in [-0.25, -0.2) is 4.79 Å². The van der Waals surface area contributed by atoms with Crippen molar-refractivity contribution in [1.29, 1.82) is 0 Å². The Morgan fingerprint density at radius 1 is 0.949 bits per heavy atom. The summed E-state index contributed by atoms with van der Waals surface area (Å²) in [6.45, 7) is 4.69. The van der Waals surface area contributed by atoms with Crippen molar-refractivity contribution in [2.75, 3.05) is 0 Å². The van der Waals surface area contributed by atoms with Crippen LogP contribution in [0.2, 0.25) is 0 Å². The molecule has 214 valence electrons. The average molecular weight is 548 g/mol. The standard InChI is InChI=1S/C26H37N5O8/c1-4-13(2)21(30-23(35)17(27)11-15-12-28-18-8-6-5-7-16(15)18)25(37)29-19(9-10-20(33)34)24(36)31-22(14(3)32)26(38)39/h5-8,12-14,17,19,21-22,28,32H,4,9-11,27H2,1-3H3,(H,29,37)(H,30,35)(H,31,36)(H,33,34)(H,38,39). The summed E-state index contributed by atoms with van der Waals surface area (Å²) < 4.78 is 0. The average Bonchev–Trinajstić information content (AvgIpc) is 3.29. The van der Waals surface area contributed by atoms with Crippen molar-refractivity contribution >= 4 is 40.6 Å². The van der Waals surface area contributed by atoms with Crippen LogP contribution >= 0.6 is 0 Å². The van der Waals surface area contributed by atoms with E-state index in [9.17, 15) is 34.2 Å². The number of carboxylic acids is 2. The number of para-hydroxylation sites is 1. The number of rotatable bonds is 15. The normalized spacial score (nSPS) is 15.8. The van der Waals surface area contributed by atoms with Gasteiger partial charge in [0.25, 0.3) is 0 Å². The molecule has 0 aliphatic carbocycles. The first kappa shape index (κ1) is 31.2. The van der Waals surface area contributed by atoms with Gasteiger partial charge in [-0.3, -0.25) is 19.2 Å². The van der Waals surface area contributed by atoms with Crippen LogP contribution in [-0.2, 0) is 30.4 Å². The minimum absolute atomic E-state index is 0.199. The van der Waals surface area contributed by atoms with Crippen molar-refractivity contribution in [2.45, 2.75) is 76.7 Å². The van der Waals surface area contributed by atoms with Gasteiger partial charge in [-0.05, 0) is 37.3 Å². The molecule has 13 nitrogen and oxygen atoms in total. The number of nitrogens with one attached hydrogen (secondary N) is 4. The van der Waals surface area contributed by atoms with E-state index < -0.39 is 66.4 Å². The Labute approximate surface area is 225 Å². The highest BCUT2D eigenvalue weighted by Crippen LogP contribution is 2.19. The van der Waals surface area contributed by atoms with Gasteiger partial charge in [-0.1, -0.05) is 38.5 Å². The van der Waals surface area contributed by atoms with Gasteiger partial charge in [0.1, 0.15) is 12.1 Å². The van der Waals surface area contributed by atoms with Crippen LogP contribution in [0.1, 0.15) is 45.6 Å². The van der Waals surface area contributed by atoms with Gasteiger partial charge in [-0.2, -0.15) is 0 Å². The number of aliphatic hydroxyl groups excluding tert-OH is 1. The zero-order chi connectivity index (χ0) is 29.3. The fourth-order valence-electron chi connectivity index (χ4n) is 4.03. The van der Waals surface area contributed by atoms with Crippen LogP contribution in [0.3, 0.4) is 0 Å². The van der Waals surface area contributed by atoms with Gasteiger partial charge in [-0.15, -0.1) is 0 Å². The van der Waals surface area contributed by atoms with Gasteiger partial charge < -0.3 is 42.0 Å². The molecule has 2 aromatic rings. The summed E-state index contributed by atoms with van der Waals surface area (Å²) in [7, 11) is 0. The second-order valence-corrected chi connectivity index (χ2v) is 9.60. The maximum absolute atomic E-state index is 13.2. The fourth-order valence-corrected chi connectivity index (χ4v) is 4.03. The van der Waals surface area contributed by atoms with E-state index in [-0.39, 0.29) is 18.8 Å². The molecule has 0 fully saturated rings. The molecule has 13 heteroatoms. The number of amides is 3. The molecule has 3 amide bonds. The maximum atomic E-state index is 13.2. The van der Waals surface area contributed by atoms with E-state index in [2.05, 4.69) is 20.9 Å². The van der Waals surface area contributed by atoms with Crippen LogP contribution in [0.5, 0.6) is 0 Å². The summed E-state index contributed by atoms with van der Waals surface area (Å²) in [5.74, 6) is -5.46. The maximum Gasteiger partial charge on any atom is 0.328 e. The van der Waals surface area contributed by atoms with Crippen LogP contribution < -0.4 is 21.7 Å². The number of hydrogen-bond donors (Lipinski definition) is 8. The molecule has 2 rings (SSSR count). The topological polar surface area (TPSA) is 224 Å². The smallest absolute Gasteiger partial charge is 0.328 e. The summed E-state index contributed by atoms with van der Waals surface area (Å²) in [6.07, 6.45) is 0.143. The fraction of sp³-hybridized carbons (Fsp3) is 0.500. The minimum atomic E-state index is -1.67. The molecule has 0 saturated heterocycles. The van der Waals surface area contributed by atoms with Crippen LogP contribution in [0.15, 0.2) is 30.5 Å². The number of fused-ring (bicyclic) bond motifs is 1. The van der Waals surface area contributed by atoms with Crippen molar-refractivity contribution in [3.8, 4) is 0 Å². The van der Waals surface area contributed by atoms with Crippen LogP contribution in [0.25, 0.3) is 10.9 Å². The number of H-pyrrole nitrogens is 1. The number of benzene rings is 1. The number of carbonyl (C=O) groups is 5. The molecule has 1 aromatic heterocycles. The predicted octanol–water partition coefficient (Wildman–Crippen LogP) is -0.132. The minimum Gasteiger partial charge on any atom is -0.481 e. The lowest BCUT2D eigenvalue weighted by Crippen LogP contribution is -2.59. The predicted molar refractivity (Wildman–Crippen MR) is 141 cm³/mol. The molecule has 0 aliphatic heterocycles. The first-order valence-electron chi connectivity index (χ1n) is 12.7. The summed E-state index contributed by atoms with van der Waals surface area (Å²) >= 11 is 0. The summed E-state index contributed by atoms with van der Waals surface area (Å²) in [4.78, 5) is 64.6. The summed E-state index contributed by atoms with van der Waals surface area (Å²) in [5, 5.41) is 36.1. The molecule has 1 aromatic carbocycles. The highest BCUT2D eigenvalue weighted by Gasteiger charge is 2.33. The largest absolute Gasteiger partial charge is 0.481 e. The zero-order valence-electron chi connectivity index (χ0n) is 22.1. The third-order valence-corrected chi connectivity index (χ3v) is 6.57. The van der Waals surface area contributed by atoms with Gasteiger partial charge in [0.15, 0.2) is 6.04 Å². The van der Waals surface area contributed by atoms with Crippen molar-refractivity contribution in [3.05, 3.63) is 36.0 Å². The highest BCUT2D eigenvalue weighted by atomic mass is 16.4. The summed E-state index contributed by atoms with van der Waals surface area (Å²) in [5.41, 5.74) is 7.89. The van der Waals surface area contributed by atoms with Crippen molar-refractivity contribution in [3.63, 3.8) is 0 Å². The Balaban J connectivity index is 2.17. The van der Waals surface area contributed by atoms with E-state index in [0.717, 1.165) is 23.4 Å². The Morgan fingerprint density at radius 3 is 2.18 bits per heavy atom. The lowest BCUT2D eigenvalue weighted by Gasteiger charge is -2.28. The lowest BCUT2D eigenvalue weighted by atomic mass is 9.96. The number of aromatic amines is 1. The second-order valence-electron chi connectivity index (χ2n) is 9.60. The Bertz CT molecular complexity index is 1180. The van der Waals surface area contributed by atoms with Crippen LogP contribution in [-0.4, -0.2) is 80.2 Å². The third-order valence-electron chi connectivity index (χ3n) is 6.57. The van der Waals surface area contributed by atoms with Gasteiger partial charge in [0.05, 0.1) is 12.1 Å². The number of aliphatic hydroxyl groups is 1. The molecular weight excluding hydrogens is 510 g/mol. The van der Waals surface area contributed by atoms with Gasteiger partial charge in [0, 0.05) is 23.5 Å². The molecule has 39 heavy (non-hydrogen) atoms. The van der Waals surface area contributed by atoms with E-state index in [0.29, 0.717) is 6.42 Å². The first-order valence-corrected chi connectivity index (χ1v) is 12.7. The van der Waals surface area contributed by atoms with E-state index in [1.165, 1.54) is 0 Å². The van der Waals surface area contributed by atoms with Crippen LogP contribution in [0, 0.1) is 5.92 Å². The molecule has 0 bridgehead atoms. The molecule has 0 saturated carbocycles. The van der Waals surface area contributed by atoms with E-state index in [1.807, 2.05) is 24.3 Å². The number of carboxylic acid groups (broad SMARTS) is 2. The summed E-state index contributed by atoms with van der Waals surface area (Å²) in [6, 6.07) is 2.33. The van der Waals surface area contributed by atoms with Gasteiger partial charge >= 0.3 is 11.9 Å². The van der Waals surface area contributed by atoms with E-state index >= 15 is 0 Å². The van der Waals surface area contributed by atoms with Gasteiger partial charge in [0.2, 0.25) is 17.7 Å². The molecule has 6 atom stereocenters. The monoisotopic (exact) mass is 547 g/mol. The van der Waals surface area contributed by atoms with E-state index in [1.54, 1.807) is 20.0 Å². The molecule has 0 aliphatic rings. The number of hydrogen-bond acceptors (Lipinski definition) is 7. The molecule has 0 spiro atoms. The molecule has 0 radical (unpaired) electrons. The molecule has 6 unspecified atom stereocenters. The zero-order valence-corrected chi connectivity index (χ0v) is 22.1. The van der Waals surface area contributed by atoms with Crippen molar-refractivity contribution < 1.29 is 39.3 Å². The molecular formula is C26H37N5O8. The number of aliphatic carboxylic acids is 2. The molecule has 1 heterocycles. The Kier molecular flexibility index (Phi) is 11.4. The van der Waals surface area contributed by atoms with Crippen molar-refractivity contribution in [2.24, 2.45) is 11.7 Å². The Morgan fingerprint density at radius 2 is 1.59 bits per heavy atom. The quantitative estimate of drug-likeness (QED) is 0.148. The number of carbonyl (C=O) groups excluding carboxylic acids is 3. The third kappa shape index (κ3) is 8.79. The first-order chi connectivity index (χ1) is 18.3. The second kappa shape index (κ2) is 14.3. The lowest BCUT2D eigenvalue weighted by molar-refractivity contribution is -0.145. The SMILES string of the molecule is CCC(C)C(NC(=O)C(N)Cc1c[nH]c2ccccc12)C(=O)NC(CCC(=O)O)C(=O)NC(C(=O)O)C(C)O. The van der Waals surface area contributed by atoms with Crippen molar-refractivity contribution in [1.82, 2.24) is 20.9 Å². The van der Waals surface area contributed by atoms with E-state index in [4.69, 9.17) is 10.8 Å².